The molecular weight excluding hydrogens is 318 g/mol. The van der Waals surface area contributed by atoms with Gasteiger partial charge in [-0.25, -0.2) is 0 Å². The highest BCUT2D eigenvalue weighted by molar-refractivity contribution is 6.30. The Labute approximate surface area is 138 Å². The number of carbonyl (C=O) groups is 1. The van der Waals surface area contributed by atoms with Crippen LogP contribution in [0.4, 0.5) is 5.69 Å². The summed E-state index contributed by atoms with van der Waals surface area (Å²) in [4.78, 5) is 12.1. The lowest BCUT2D eigenvalue weighted by molar-refractivity contribution is -0.116. The van der Waals surface area contributed by atoms with Crippen LogP contribution in [0.2, 0.25) is 5.02 Å². The van der Waals surface area contributed by atoms with Gasteiger partial charge in [-0.2, -0.15) is 0 Å². The zero-order valence-electron chi connectivity index (χ0n) is 12.4. The van der Waals surface area contributed by atoms with Gasteiger partial charge in [0.1, 0.15) is 5.75 Å². The van der Waals surface area contributed by atoms with E-state index in [1.54, 1.807) is 19.2 Å². The number of ether oxygens (including phenoxy) is 3. The number of hydrogen-bond acceptors (Lipinski definition) is 4. The molecule has 2 aliphatic heterocycles. The van der Waals surface area contributed by atoms with Crippen LogP contribution >= 0.6 is 11.6 Å². The SMILES string of the molecule is COc1ccc(Cl)cc1C1CC(=O)Nc2cc3c(cc21)OCO3. The monoisotopic (exact) mass is 331 g/mol. The molecule has 6 heteroatoms. The zero-order valence-corrected chi connectivity index (χ0v) is 13.1. The van der Waals surface area contributed by atoms with E-state index in [-0.39, 0.29) is 18.6 Å². The Balaban J connectivity index is 1.88. The molecule has 0 radical (unpaired) electrons. The number of hydrogen-bond donors (Lipinski definition) is 1. The molecule has 0 fully saturated rings. The van der Waals surface area contributed by atoms with Crippen LogP contribution < -0.4 is 19.5 Å². The van der Waals surface area contributed by atoms with Crippen LogP contribution in [0.5, 0.6) is 17.2 Å². The number of methoxy groups -OCH3 is 1. The van der Waals surface area contributed by atoms with Gasteiger partial charge in [-0.05, 0) is 29.8 Å². The van der Waals surface area contributed by atoms with Crippen LogP contribution in [-0.4, -0.2) is 19.8 Å². The predicted molar refractivity (Wildman–Crippen MR) is 85.7 cm³/mol. The Morgan fingerprint density at radius 3 is 2.74 bits per heavy atom. The van der Waals surface area contributed by atoms with Crippen molar-refractivity contribution in [3.05, 3.63) is 46.5 Å². The largest absolute Gasteiger partial charge is 0.496 e. The summed E-state index contributed by atoms with van der Waals surface area (Å²) in [5, 5.41) is 3.50. The summed E-state index contributed by atoms with van der Waals surface area (Å²) in [5.74, 6) is 1.83. The minimum Gasteiger partial charge on any atom is -0.496 e. The molecule has 1 atom stereocenters. The van der Waals surface area contributed by atoms with E-state index in [9.17, 15) is 4.79 Å². The second-order valence-electron chi connectivity index (χ2n) is 5.48. The van der Waals surface area contributed by atoms with Gasteiger partial charge in [-0.1, -0.05) is 11.6 Å². The van der Waals surface area contributed by atoms with E-state index < -0.39 is 0 Å². The molecule has 23 heavy (non-hydrogen) atoms. The molecule has 0 saturated carbocycles. The third-order valence-electron chi connectivity index (χ3n) is 4.15. The molecule has 0 bridgehead atoms. The van der Waals surface area contributed by atoms with E-state index in [0.29, 0.717) is 28.7 Å². The molecule has 1 N–H and O–H groups in total. The zero-order chi connectivity index (χ0) is 16.0. The molecule has 0 spiro atoms. The lowest BCUT2D eigenvalue weighted by Gasteiger charge is -2.27. The first-order chi connectivity index (χ1) is 11.2. The molecule has 1 amide bonds. The fourth-order valence-electron chi connectivity index (χ4n) is 3.11. The first kappa shape index (κ1) is 14.2. The number of amides is 1. The fraction of sp³-hybridized carbons (Fsp3) is 0.235. The summed E-state index contributed by atoms with van der Waals surface area (Å²) >= 11 is 6.15. The molecular formula is C17H14ClNO4. The van der Waals surface area contributed by atoms with Crippen LogP contribution in [-0.2, 0) is 4.79 Å². The molecule has 0 aliphatic carbocycles. The smallest absolute Gasteiger partial charge is 0.231 e. The second-order valence-corrected chi connectivity index (χ2v) is 5.92. The van der Waals surface area contributed by atoms with Gasteiger partial charge in [0.2, 0.25) is 12.7 Å². The normalized spacial score (nSPS) is 18.3. The van der Waals surface area contributed by atoms with Gasteiger partial charge in [0.05, 0.1) is 7.11 Å². The third-order valence-corrected chi connectivity index (χ3v) is 4.39. The lowest BCUT2D eigenvalue weighted by Crippen LogP contribution is -2.23. The van der Waals surface area contributed by atoms with Crippen molar-refractivity contribution in [2.75, 3.05) is 19.2 Å². The summed E-state index contributed by atoms with van der Waals surface area (Å²) < 4.78 is 16.3. The molecule has 2 aromatic rings. The second kappa shape index (κ2) is 5.35. The van der Waals surface area contributed by atoms with Gasteiger partial charge in [0, 0.05) is 34.7 Å². The molecule has 4 rings (SSSR count). The van der Waals surface area contributed by atoms with E-state index in [2.05, 4.69) is 5.32 Å². The van der Waals surface area contributed by atoms with E-state index in [1.807, 2.05) is 18.2 Å². The topological polar surface area (TPSA) is 56.8 Å². The number of carbonyl (C=O) groups excluding carboxylic acids is 1. The average Bonchev–Trinajstić information content (AvgIpc) is 2.99. The minimum atomic E-state index is -0.151. The highest BCUT2D eigenvalue weighted by Gasteiger charge is 2.31. The fourth-order valence-corrected chi connectivity index (χ4v) is 3.29. The van der Waals surface area contributed by atoms with Crippen LogP contribution in [0.25, 0.3) is 0 Å². The maximum Gasteiger partial charge on any atom is 0.231 e. The van der Waals surface area contributed by atoms with Crippen LogP contribution in [0.3, 0.4) is 0 Å². The van der Waals surface area contributed by atoms with Crippen molar-refractivity contribution in [2.24, 2.45) is 0 Å². The Kier molecular flexibility index (Phi) is 3.31. The third kappa shape index (κ3) is 2.37. The quantitative estimate of drug-likeness (QED) is 0.914. The van der Waals surface area contributed by atoms with Crippen molar-refractivity contribution in [1.29, 1.82) is 0 Å². The molecule has 118 valence electrons. The molecule has 0 aromatic heterocycles. The van der Waals surface area contributed by atoms with Crippen LogP contribution in [0.15, 0.2) is 30.3 Å². The van der Waals surface area contributed by atoms with Crippen LogP contribution in [0.1, 0.15) is 23.5 Å². The maximum absolute atomic E-state index is 12.1. The summed E-state index contributed by atoms with van der Waals surface area (Å²) in [6.45, 7) is 0.192. The van der Waals surface area contributed by atoms with Crippen LogP contribution in [0, 0.1) is 0 Å². The molecule has 2 heterocycles. The van der Waals surface area contributed by atoms with Crippen molar-refractivity contribution in [3.8, 4) is 17.2 Å². The maximum atomic E-state index is 12.1. The average molecular weight is 332 g/mol. The number of halogens is 1. The van der Waals surface area contributed by atoms with Crippen molar-refractivity contribution >= 4 is 23.2 Å². The lowest BCUT2D eigenvalue weighted by atomic mass is 9.84. The summed E-state index contributed by atoms with van der Waals surface area (Å²) in [7, 11) is 1.61. The number of anilines is 1. The van der Waals surface area contributed by atoms with Crippen molar-refractivity contribution < 1.29 is 19.0 Å². The first-order valence-corrected chi connectivity index (χ1v) is 7.60. The molecule has 0 saturated heterocycles. The molecule has 2 aromatic carbocycles. The number of fused-ring (bicyclic) bond motifs is 2. The van der Waals surface area contributed by atoms with Gasteiger partial charge in [-0.15, -0.1) is 0 Å². The highest BCUT2D eigenvalue weighted by Crippen LogP contribution is 2.46. The van der Waals surface area contributed by atoms with Gasteiger partial charge in [-0.3, -0.25) is 4.79 Å². The van der Waals surface area contributed by atoms with Crippen molar-refractivity contribution in [2.45, 2.75) is 12.3 Å². The molecule has 2 aliphatic rings. The van der Waals surface area contributed by atoms with Gasteiger partial charge >= 0.3 is 0 Å². The Morgan fingerprint density at radius 1 is 1.17 bits per heavy atom. The number of nitrogens with one attached hydrogen (secondary N) is 1. The standard InChI is InChI=1S/C17H14ClNO4/c1-21-14-3-2-9(18)4-12(14)10-6-17(20)19-13-7-16-15(5-11(10)13)22-8-23-16/h2-5,7,10H,6,8H2,1H3,(H,19,20). The van der Waals surface area contributed by atoms with E-state index in [4.69, 9.17) is 25.8 Å². The van der Waals surface area contributed by atoms with Gasteiger partial charge < -0.3 is 19.5 Å². The van der Waals surface area contributed by atoms with Crippen molar-refractivity contribution in [3.63, 3.8) is 0 Å². The summed E-state index contributed by atoms with van der Waals surface area (Å²) in [6.07, 6.45) is 0.323. The molecule has 1 unspecified atom stereocenters. The minimum absolute atomic E-state index is 0.0524. The van der Waals surface area contributed by atoms with Gasteiger partial charge in [0.15, 0.2) is 11.5 Å². The van der Waals surface area contributed by atoms with Gasteiger partial charge in [0.25, 0.3) is 0 Å². The number of rotatable bonds is 2. The van der Waals surface area contributed by atoms with E-state index in [1.165, 1.54) is 0 Å². The Bertz CT molecular complexity index is 805. The Morgan fingerprint density at radius 2 is 1.96 bits per heavy atom. The first-order valence-electron chi connectivity index (χ1n) is 7.22. The highest BCUT2D eigenvalue weighted by atomic mass is 35.5. The summed E-state index contributed by atoms with van der Waals surface area (Å²) in [6, 6.07) is 9.16. The van der Waals surface area contributed by atoms with Crippen molar-refractivity contribution in [1.82, 2.24) is 0 Å². The molecule has 5 nitrogen and oxygen atoms in total. The van der Waals surface area contributed by atoms with E-state index in [0.717, 1.165) is 16.8 Å². The number of benzene rings is 2. The predicted octanol–water partition coefficient (Wildman–Crippen LogP) is 3.55. The Hall–Kier alpha value is -2.40. The van der Waals surface area contributed by atoms with E-state index >= 15 is 0 Å². The summed E-state index contributed by atoms with van der Waals surface area (Å²) in [5.41, 5.74) is 2.59.